The van der Waals surface area contributed by atoms with E-state index in [9.17, 15) is 9.90 Å². The second-order valence-corrected chi connectivity index (χ2v) is 3.76. The molecule has 0 aromatic heterocycles. The maximum absolute atomic E-state index is 11.7. The van der Waals surface area contributed by atoms with E-state index < -0.39 is 0 Å². The van der Waals surface area contributed by atoms with E-state index in [0.717, 1.165) is 25.8 Å². The van der Waals surface area contributed by atoms with E-state index in [0.29, 0.717) is 18.5 Å². The second-order valence-electron chi connectivity index (χ2n) is 3.76. The molecule has 14 heavy (non-hydrogen) atoms. The first-order chi connectivity index (χ1) is 6.70. The van der Waals surface area contributed by atoms with Gasteiger partial charge in [-0.2, -0.15) is 0 Å². The molecule has 0 aliphatic carbocycles. The standard InChI is InChI=1S/C11H19NO2/c1-3-5-7-12-8-10(13)9(6-4-2)11(12)14/h13H,3-8H2,1-2H3. The van der Waals surface area contributed by atoms with Crippen molar-refractivity contribution in [2.45, 2.75) is 39.5 Å². The van der Waals surface area contributed by atoms with Crippen molar-refractivity contribution in [3.8, 4) is 0 Å². The van der Waals surface area contributed by atoms with Crippen LogP contribution in [0.25, 0.3) is 0 Å². The SMILES string of the molecule is CCCCN1CC(O)=C(CCC)C1=O. The highest BCUT2D eigenvalue weighted by Crippen LogP contribution is 2.21. The van der Waals surface area contributed by atoms with Crippen molar-refractivity contribution in [2.24, 2.45) is 0 Å². The summed E-state index contributed by atoms with van der Waals surface area (Å²) in [6.07, 6.45) is 3.70. The number of nitrogens with zero attached hydrogens (tertiary/aromatic N) is 1. The lowest BCUT2D eigenvalue weighted by Gasteiger charge is -2.15. The van der Waals surface area contributed by atoms with Crippen LogP contribution in [0.3, 0.4) is 0 Å². The van der Waals surface area contributed by atoms with Crippen molar-refractivity contribution in [1.29, 1.82) is 0 Å². The third kappa shape index (κ3) is 2.28. The zero-order valence-electron chi connectivity index (χ0n) is 9.05. The highest BCUT2D eigenvalue weighted by Gasteiger charge is 2.28. The zero-order chi connectivity index (χ0) is 10.6. The van der Waals surface area contributed by atoms with Crippen LogP contribution in [0.5, 0.6) is 0 Å². The van der Waals surface area contributed by atoms with Gasteiger partial charge in [-0.05, 0) is 12.8 Å². The second kappa shape index (κ2) is 5.03. The lowest BCUT2D eigenvalue weighted by molar-refractivity contribution is -0.125. The van der Waals surface area contributed by atoms with Crippen molar-refractivity contribution in [3.05, 3.63) is 11.3 Å². The van der Waals surface area contributed by atoms with Gasteiger partial charge in [-0.15, -0.1) is 0 Å². The van der Waals surface area contributed by atoms with Gasteiger partial charge in [-0.1, -0.05) is 26.7 Å². The third-order valence-electron chi connectivity index (χ3n) is 2.52. The summed E-state index contributed by atoms with van der Waals surface area (Å²) in [6, 6.07) is 0. The summed E-state index contributed by atoms with van der Waals surface area (Å²) in [7, 11) is 0. The molecule has 0 unspecified atom stereocenters. The van der Waals surface area contributed by atoms with Crippen molar-refractivity contribution < 1.29 is 9.90 Å². The van der Waals surface area contributed by atoms with Gasteiger partial charge in [0.1, 0.15) is 5.76 Å². The minimum Gasteiger partial charge on any atom is -0.510 e. The van der Waals surface area contributed by atoms with Gasteiger partial charge in [0.15, 0.2) is 0 Å². The molecular weight excluding hydrogens is 178 g/mol. The van der Waals surface area contributed by atoms with Crippen LogP contribution in [0.1, 0.15) is 39.5 Å². The molecule has 0 spiro atoms. The maximum Gasteiger partial charge on any atom is 0.253 e. The Morgan fingerprint density at radius 2 is 2.07 bits per heavy atom. The van der Waals surface area contributed by atoms with Crippen LogP contribution in [0.2, 0.25) is 0 Å². The van der Waals surface area contributed by atoms with Crippen LogP contribution in [-0.4, -0.2) is 29.0 Å². The number of rotatable bonds is 5. The summed E-state index contributed by atoms with van der Waals surface area (Å²) in [4.78, 5) is 13.5. The van der Waals surface area contributed by atoms with Gasteiger partial charge in [0.25, 0.3) is 5.91 Å². The van der Waals surface area contributed by atoms with E-state index >= 15 is 0 Å². The molecule has 0 saturated carbocycles. The van der Waals surface area contributed by atoms with Gasteiger partial charge in [0.05, 0.1) is 12.1 Å². The Hall–Kier alpha value is -0.990. The predicted octanol–water partition coefficient (Wildman–Crippen LogP) is 2.24. The Balaban J connectivity index is 2.54. The fourth-order valence-corrected chi connectivity index (χ4v) is 1.69. The molecule has 0 radical (unpaired) electrons. The van der Waals surface area contributed by atoms with Crippen LogP contribution >= 0.6 is 0 Å². The molecule has 1 amide bonds. The van der Waals surface area contributed by atoms with E-state index in [2.05, 4.69) is 6.92 Å². The Labute approximate surface area is 85.4 Å². The van der Waals surface area contributed by atoms with Gasteiger partial charge in [-0.3, -0.25) is 4.79 Å². The highest BCUT2D eigenvalue weighted by molar-refractivity contribution is 5.96. The van der Waals surface area contributed by atoms with E-state index in [1.807, 2.05) is 6.92 Å². The van der Waals surface area contributed by atoms with Gasteiger partial charge < -0.3 is 10.0 Å². The molecule has 0 bridgehead atoms. The van der Waals surface area contributed by atoms with E-state index in [1.165, 1.54) is 0 Å². The Morgan fingerprint density at radius 1 is 1.36 bits per heavy atom. The Kier molecular flexibility index (Phi) is 3.98. The normalized spacial score (nSPS) is 17.0. The van der Waals surface area contributed by atoms with Crippen molar-refractivity contribution in [2.75, 3.05) is 13.1 Å². The van der Waals surface area contributed by atoms with Crippen LogP contribution in [0.4, 0.5) is 0 Å². The summed E-state index contributed by atoms with van der Waals surface area (Å²) < 4.78 is 0. The monoisotopic (exact) mass is 197 g/mol. The number of hydrogen-bond acceptors (Lipinski definition) is 2. The molecule has 0 aromatic carbocycles. The largest absolute Gasteiger partial charge is 0.510 e. The van der Waals surface area contributed by atoms with E-state index in [1.54, 1.807) is 4.90 Å². The quantitative estimate of drug-likeness (QED) is 0.734. The minimum atomic E-state index is 0.0396. The zero-order valence-corrected chi connectivity index (χ0v) is 9.05. The first-order valence-electron chi connectivity index (χ1n) is 5.41. The fourth-order valence-electron chi connectivity index (χ4n) is 1.69. The molecule has 0 atom stereocenters. The van der Waals surface area contributed by atoms with Crippen LogP contribution in [0, 0.1) is 0 Å². The fraction of sp³-hybridized carbons (Fsp3) is 0.727. The third-order valence-corrected chi connectivity index (χ3v) is 2.52. The maximum atomic E-state index is 11.7. The van der Waals surface area contributed by atoms with E-state index in [-0.39, 0.29) is 11.7 Å². The topological polar surface area (TPSA) is 40.5 Å². The molecular formula is C11H19NO2. The predicted molar refractivity (Wildman–Crippen MR) is 56.1 cm³/mol. The molecule has 0 fully saturated rings. The molecule has 1 aliphatic heterocycles. The highest BCUT2D eigenvalue weighted by atomic mass is 16.3. The molecule has 3 nitrogen and oxygen atoms in total. The summed E-state index contributed by atoms with van der Waals surface area (Å²) in [5.74, 6) is 0.325. The lowest BCUT2D eigenvalue weighted by Crippen LogP contribution is -2.28. The number of carbonyl (C=O) groups excluding carboxylic acids is 1. The molecule has 1 heterocycles. The molecule has 0 saturated heterocycles. The Morgan fingerprint density at radius 3 is 2.64 bits per heavy atom. The van der Waals surface area contributed by atoms with Crippen molar-refractivity contribution in [3.63, 3.8) is 0 Å². The van der Waals surface area contributed by atoms with Gasteiger partial charge >= 0.3 is 0 Å². The van der Waals surface area contributed by atoms with E-state index in [4.69, 9.17) is 0 Å². The summed E-state index contributed by atoms with van der Waals surface area (Å²) >= 11 is 0. The number of aliphatic hydroxyl groups is 1. The molecule has 1 N–H and O–H groups in total. The van der Waals surface area contributed by atoms with Gasteiger partial charge in [0.2, 0.25) is 0 Å². The van der Waals surface area contributed by atoms with Crippen LogP contribution < -0.4 is 0 Å². The molecule has 3 heteroatoms. The minimum absolute atomic E-state index is 0.0396. The molecule has 0 aromatic rings. The van der Waals surface area contributed by atoms with Crippen molar-refractivity contribution >= 4 is 5.91 Å². The molecule has 1 aliphatic rings. The summed E-state index contributed by atoms with van der Waals surface area (Å²) in [5.41, 5.74) is 0.628. The number of carbonyl (C=O) groups is 1. The van der Waals surface area contributed by atoms with Gasteiger partial charge in [0, 0.05) is 6.54 Å². The van der Waals surface area contributed by atoms with Crippen molar-refractivity contribution in [1.82, 2.24) is 4.90 Å². The van der Waals surface area contributed by atoms with Crippen LogP contribution in [0.15, 0.2) is 11.3 Å². The number of aliphatic hydroxyl groups excluding tert-OH is 1. The number of hydrogen-bond donors (Lipinski definition) is 1. The summed E-state index contributed by atoms with van der Waals surface area (Å²) in [6.45, 7) is 5.31. The average Bonchev–Trinajstić information content (AvgIpc) is 2.43. The van der Waals surface area contributed by atoms with Crippen LogP contribution in [-0.2, 0) is 4.79 Å². The number of unbranched alkanes of at least 4 members (excludes halogenated alkanes) is 1. The average molecular weight is 197 g/mol. The summed E-state index contributed by atoms with van der Waals surface area (Å²) in [5, 5.41) is 9.58. The first-order valence-corrected chi connectivity index (χ1v) is 5.41. The Bertz CT molecular complexity index is 246. The molecule has 1 rings (SSSR count). The molecule has 80 valence electrons. The lowest BCUT2D eigenvalue weighted by atomic mass is 10.1. The first kappa shape index (κ1) is 11.1. The smallest absolute Gasteiger partial charge is 0.253 e. The van der Waals surface area contributed by atoms with Gasteiger partial charge in [-0.25, -0.2) is 0 Å². The number of amides is 1.